The minimum Gasteiger partial charge on any atom is -0.482 e. The first-order valence-electron chi connectivity index (χ1n) is 6.49. The number of nitrogens with one attached hydrogen (secondary N) is 2. The quantitative estimate of drug-likeness (QED) is 0.759. The van der Waals surface area contributed by atoms with E-state index in [4.69, 9.17) is 4.74 Å². The number of amides is 2. The number of hydrogen-bond acceptors (Lipinski definition) is 4. The Bertz CT molecular complexity index is 528. The molecule has 1 aromatic carbocycles. The predicted octanol–water partition coefficient (Wildman–Crippen LogP) is 0.764. The number of fused-ring (bicyclic) bond motifs is 1. The van der Waals surface area contributed by atoms with Gasteiger partial charge in [-0.25, -0.2) is 0 Å². The van der Waals surface area contributed by atoms with Gasteiger partial charge in [0.25, 0.3) is 11.8 Å². The van der Waals surface area contributed by atoms with Crippen LogP contribution < -0.4 is 15.4 Å². The fraction of sp³-hybridized carbons (Fsp3) is 0.429. The molecule has 0 spiro atoms. The van der Waals surface area contributed by atoms with Gasteiger partial charge in [-0.2, -0.15) is 0 Å². The second kappa shape index (κ2) is 5.92. The van der Waals surface area contributed by atoms with Gasteiger partial charge in [0, 0.05) is 5.56 Å². The average molecular weight is 278 g/mol. The van der Waals surface area contributed by atoms with Crippen molar-refractivity contribution in [2.24, 2.45) is 5.92 Å². The van der Waals surface area contributed by atoms with Gasteiger partial charge in [-0.05, 0) is 24.1 Å². The number of rotatable bonds is 4. The van der Waals surface area contributed by atoms with Gasteiger partial charge in [-0.3, -0.25) is 9.59 Å². The fourth-order valence-corrected chi connectivity index (χ4v) is 1.89. The second-order valence-electron chi connectivity index (χ2n) is 5.05. The van der Waals surface area contributed by atoms with E-state index in [1.165, 1.54) is 0 Å². The van der Waals surface area contributed by atoms with Crippen LogP contribution in [0.15, 0.2) is 18.2 Å². The van der Waals surface area contributed by atoms with Gasteiger partial charge < -0.3 is 20.5 Å². The molecule has 1 aliphatic rings. The fourth-order valence-electron chi connectivity index (χ4n) is 1.89. The highest BCUT2D eigenvalue weighted by molar-refractivity contribution is 5.99. The van der Waals surface area contributed by atoms with Gasteiger partial charge in [0.15, 0.2) is 6.61 Å². The van der Waals surface area contributed by atoms with Crippen molar-refractivity contribution in [2.45, 2.75) is 19.9 Å². The van der Waals surface area contributed by atoms with Crippen molar-refractivity contribution in [1.29, 1.82) is 0 Å². The third-order valence-electron chi connectivity index (χ3n) is 3.19. The monoisotopic (exact) mass is 278 g/mol. The van der Waals surface area contributed by atoms with E-state index in [2.05, 4.69) is 10.6 Å². The molecule has 0 aliphatic carbocycles. The smallest absolute Gasteiger partial charge is 0.262 e. The summed E-state index contributed by atoms with van der Waals surface area (Å²) in [5.41, 5.74) is 0.986. The maximum Gasteiger partial charge on any atom is 0.262 e. The number of ether oxygens (including phenoxy) is 1. The largest absolute Gasteiger partial charge is 0.482 e. The Morgan fingerprint density at radius 2 is 2.25 bits per heavy atom. The molecule has 1 aromatic rings. The topological polar surface area (TPSA) is 87.7 Å². The number of benzene rings is 1. The molecule has 0 saturated heterocycles. The summed E-state index contributed by atoms with van der Waals surface area (Å²) in [6.45, 7) is 3.68. The van der Waals surface area contributed by atoms with Gasteiger partial charge in [-0.1, -0.05) is 13.8 Å². The highest BCUT2D eigenvalue weighted by Gasteiger charge is 2.20. The molecule has 6 heteroatoms. The summed E-state index contributed by atoms with van der Waals surface area (Å²) in [6, 6.07) is 4.53. The molecule has 1 heterocycles. The van der Waals surface area contributed by atoms with Crippen LogP contribution in [0.3, 0.4) is 0 Å². The summed E-state index contributed by atoms with van der Waals surface area (Å²) in [7, 11) is 0. The number of anilines is 1. The summed E-state index contributed by atoms with van der Waals surface area (Å²) in [5.74, 6) is 0.121. The average Bonchev–Trinajstić information content (AvgIpc) is 2.43. The van der Waals surface area contributed by atoms with Crippen molar-refractivity contribution in [3.8, 4) is 5.75 Å². The zero-order valence-electron chi connectivity index (χ0n) is 11.5. The summed E-state index contributed by atoms with van der Waals surface area (Å²) < 4.78 is 5.26. The Kier molecular flexibility index (Phi) is 4.24. The zero-order valence-corrected chi connectivity index (χ0v) is 11.5. The third-order valence-corrected chi connectivity index (χ3v) is 3.19. The van der Waals surface area contributed by atoms with E-state index >= 15 is 0 Å². The van der Waals surface area contributed by atoms with Crippen molar-refractivity contribution >= 4 is 17.5 Å². The van der Waals surface area contributed by atoms with Gasteiger partial charge >= 0.3 is 0 Å². The first-order chi connectivity index (χ1) is 9.51. The molecule has 20 heavy (non-hydrogen) atoms. The molecule has 1 aliphatic heterocycles. The molecule has 0 radical (unpaired) electrons. The molecule has 1 atom stereocenters. The van der Waals surface area contributed by atoms with E-state index in [1.807, 2.05) is 13.8 Å². The number of carbonyl (C=O) groups is 2. The Labute approximate surface area is 117 Å². The van der Waals surface area contributed by atoms with Crippen molar-refractivity contribution in [1.82, 2.24) is 5.32 Å². The molecule has 0 bridgehead atoms. The van der Waals surface area contributed by atoms with Crippen molar-refractivity contribution in [3.05, 3.63) is 23.8 Å². The minimum absolute atomic E-state index is 0.0523. The molecule has 0 aromatic heterocycles. The molecule has 0 unspecified atom stereocenters. The normalized spacial score (nSPS) is 15.1. The summed E-state index contributed by atoms with van der Waals surface area (Å²) in [5, 5.41) is 14.7. The lowest BCUT2D eigenvalue weighted by Crippen LogP contribution is -2.41. The zero-order chi connectivity index (χ0) is 14.7. The predicted molar refractivity (Wildman–Crippen MR) is 73.7 cm³/mol. The van der Waals surface area contributed by atoms with E-state index in [0.29, 0.717) is 17.0 Å². The first kappa shape index (κ1) is 14.3. The Morgan fingerprint density at radius 3 is 2.90 bits per heavy atom. The van der Waals surface area contributed by atoms with Crippen LogP contribution in [-0.4, -0.2) is 36.2 Å². The molecule has 108 valence electrons. The Balaban J connectivity index is 2.13. The van der Waals surface area contributed by atoms with Crippen LogP contribution in [-0.2, 0) is 4.79 Å². The molecule has 3 N–H and O–H groups in total. The lowest BCUT2D eigenvalue weighted by atomic mass is 10.0. The van der Waals surface area contributed by atoms with Crippen LogP contribution in [0.25, 0.3) is 0 Å². The maximum atomic E-state index is 12.1. The summed E-state index contributed by atoms with van der Waals surface area (Å²) in [4.78, 5) is 23.3. The summed E-state index contributed by atoms with van der Waals surface area (Å²) in [6.07, 6.45) is 0. The van der Waals surface area contributed by atoms with Crippen molar-refractivity contribution in [3.63, 3.8) is 0 Å². The Morgan fingerprint density at radius 1 is 1.50 bits per heavy atom. The van der Waals surface area contributed by atoms with Gasteiger partial charge in [0.05, 0.1) is 18.3 Å². The van der Waals surface area contributed by atoms with Crippen LogP contribution >= 0.6 is 0 Å². The second-order valence-corrected chi connectivity index (χ2v) is 5.05. The number of aliphatic hydroxyl groups excluding tert-OH is 1. The van der Waals surface area contributed by atoms with Crippen LogP contribution in [0.1, 0.15) is 24.2 Å². The Hall–Kier alpha value is -2.08. The lowest BCUT2D eigenvalue weighted by molar-refractivity contribution is -0.118. The van der Waals surface area contributed by atoms with Crippen LogP contribution in [0.4, 0.5) is 5.69 Å². The summed E-state index contributed by atoms with van der Waals surface area (Å²) >= 11 is 0. The van der Waals surface area contributed by atoms with E-state index in [1.54, 1.807) is 18.2 Å². The number of hydrogen-bond donors (Lipinski definition) is 3. The van der Waals surface area contributed by atoms with Crippen LogP contribution in [0, 0.1) is 5.92 Å². The van der Waals surface area contributed by atoms with Crippen molar-refractivity contribution < 1.29 is 19.4 Å². The van der Waals surface area contributed by atoms with E-state index < -0.39 is 0 Å². The molecular formula is C14H18N2O4. The van der Waals surface area contributed by atoms with E-state index in [0.717, 1.165) is 0 Å². The van der Waals surface area contributed by atoms with Crippen molar-refractivity contribution in [2.75, 3.05) is 18.5 Å². The minimum atomic E-state index is -0.292. The lowest BCUT2D eigenvalue weighted by Gasteiger charge is -2.21. The van der Waals surface area contributed by atoms with E-state index in [9.17, 15) is 14.7 Å². The first-order valence-corrected chi connectivity index (χ1v) is 6.49. The SMILES string of the molecule is CC(C)[C@@H](CO)NC(=O)c1ccc2c(c1)OCC(=O)N2. The van der Waals surface area contributed by atoms with Crippen LogP contribution in [0.2, 0.25) is 0 Å². The molecule has 2 rings (SSSR count). The van der Waals surface area contributed by atoms with Gasteiger partial charge in [0.2, 0.25) is 0 Å². The molecule has 0 saturated carbocycles. The third kappa shape index (κ3) is 3.08. The standard InChI is InChI=1S/C14H18N2O4/c1-8(2)11(6-17)16-14(19)9-3-4-10-12(5-9)20-7-13(18)15-10/h3-5,8,11,17H,6-7H2,1-2H3,(H,15,18)(H,16,19)/t11-/m1/s1. The maximum absolute atomic E-state index is 12.1. The molecule has 2 amide bonds. The van der Waals surface area contributed by atoms with E-state index in [-0.39, 0.29) is 37.0 Å². The number of carbonyl (C=O) groups excluding carboxylic acids is 2. The highest BCUT2D eigenvalue weighted by atomic mass is 16.5. The van der Waals surface area contributed by atoms with Gasteiger partial charge in [-0.15, -0.1) is 0 Å². The van der Waals surface area contributed by atoms with Gasteiger partial charge in [0.1, 0.15) is 5.75 Å². The molecular weight excluding hydrogens is 260 g/mol. The number of aliphatic hydroxyl groups is 1. The molecule has 0 fully saturated rings. The molecule has 6 nitrogen and oxygen atoms in total. The van der Waals surface area contributed by atoms with Crippen LogP contribution in [0.5, 0.6) is 5.75 Å². The highest BCUT2D eigenvalue weighted by Crippen LogP contribution is 2.28.